The van der Waals surface area contributed by atoms with Crippen molar-refractivity contribution < 1.29 is 9.53 Å². The van der Waals surface area contributed by atoms with Crippen LogP contribution in [-0.2, 0) is 10.8 Å². The van der Waals surface area contributed by atoms with Gasteiger partial charge in [-0.15, -0.1) is 0 Å². The van der Waals surface area contributed by atoms with Gasteiger partial charge in [0.25, 0.3) is 0 Å². The van der Waals surface area contributed by atoms with Gasteiger partial charge in [0.15, 0.2) is 0 Å². The predicted octanol–water partition coefficient (Wildman–Crippen LogP) is 7.93. The van der Waals surface area contributed by atoms with Gasteiger partial charge in [-0.1, -0.05) is 89.6 Å². The first-order valence-electron chi connectivity index (χ1n) is 11.6. The molecular formula is C30H36O2. The predicted molar refractivity (Wildman–Crippen MR) is 134 cm³/mol. The summed E-state index contributed by atoms with van der Waals surface area (Å²) in [6, 6.07) is 22.2. The van der Waals surface area contributed by atoms with Gasteiger partial charge in [-0.05, 0) is 71.7 Å². The maximum absolute atomic E-state index is 12.4. The van der Waals surface area contributed by atoms with Gasteiger partial charge >= 0.3 is 5.97 Å². The zero-order valence-corrected chi connectivity index (χ0v) is 20.6. The lowest BCUT2D eigenvalue weighted by Gasteiger charge is -2.31. The van der Waals surface area contributed by atoms with Crippen molar-refractivity contribution in [3.05, 3.63) is 100 Å². The summed E-state index contributed by atoms with van der Waals surface area (Å²) in [4.78, 5) is 12.4. The molecule has 0 N–H and O–H groups in total. The summed E-state index contributed by atoms with van der Waals surface area (Å²) in [6.45, 7) is 15.6. The number of rotatable bonds is 7. The van der Waals surface area contributed by atoms with E-state index in [0.29, 0.717) is 11.3 Å². The highest BCUT2D eigenvalue weighted by Gasteiger charge is 2.27. The van der Waals surface area contributed by atoms with Crippen LogP contribution in [0.5, 0.6) is 5.75 Å². The monoisotopic (exact) mass is 428 g/mol. The lowest BCUT2D eigenvalue weighted by molar-refractivity contribution is 0.0733. The fourth-order valence-corrected chi connectivity index (χ4v) is 4.62. The molecule has 0 unspecified atom stereocenters. The first kappa shape index (κ1) is 23.8. The SMILES string of the molecule is CCCC(C)(C)c1ccc(C(C)(C)c2ccc(OC(=O)c3ccccc3)c(C)c2)cc1C. The molecule has 2 heteroatoms. The number of hydrogen-bond donors (Lipinski definition) is 0. The van der Waals surface area contributed by atoms with E-state index >= 15 is 0 Å². The van der Waals surface area contributed by atoms with Gasteiger partial charge in [0.1, 0.15) is 5.75 Å². The second-order valence-electron chi connectivity index (χ2n) is 10.0. The van der Waals surface area contributed by atoms with Crippen molar-refractivity contribution in [1.29, 1.82) is 0 Å². The Balaban J connectivity index is 1.86. The van der Waals surface area contributed by atoms with Crippen molar-refractivity contribution >= 4 is 5.97 Å². The molecule has 0 fully saturated rings. The van der Waals surface area contributed by atoms with E-state index in [1.54, 1.807) is 12.1 Å². The third-order valence-corrected chi connectivity index (χ3v) is 6.66. The largest absolute Gasteiger partial charge is 0.423 e. The fourth-order valence-electron chi connectivity index (χ4n) is 4.62. The van der Waals surface area contributed by atoms with Crippen molar-refractivity contribution in [2.45, 2.75) is 72.1 Å². The van der Waals surface area contributed by atoms with Crippen molar-refractivity contribution in [3.8, 4) is 5.75 Å². The van der Waals surface area contributed by atoms with Crippen molar-refractivity contribution in [1.82, 2.24) is 0 Å². The van der Waals surface area contributed by atoms with Crippen LogP contribution in [0.2, 0.25) is 0 Å². The van der Waals surface area contributed by atoms with Gasteiger partial charge in [0.2, 0.25) is 0 Å². The Morgan fingerprint density at radius 3 is 1.97 bits per heavy atom. The van der Waals surface area contributed by atoms with E-state index in [9.17, 15) is 4.79 Å². The first-order chi connectivity index (χ1) is 15.1. The molecule has 0 aliphatic carbocycles. The minimum absolute atomic E-state index is 0.162. The Labute approximate surface area is 193 Å². The number of benzene rings is 3. The Morgan fingerprint density at radius 2 is 1.41 bits per heavy atom. The number of esters is 1. The lowest BCUT2D eigenvalue weighted by atomic mass is 9.74. The molecule has 2 nitrogen and oxygen atoms in total. The molecule has 0 saturated carbocycles. The third kappa shape index (κ3) is 4.96. The van der Waals surface area contributed by atoms with Crippen LogP contribution in [0.3, 0.4) is 0 Å². The summed E-state index contributed by atoms with van der Waals surface area (Å²) >= 11 is 0. The molecule has 0 aromatic heterocycles. The molecule has 3 rings (SSSR count). The van der Waals surface area contributed by atoms with Crippen molar-refractivity contribution in [3.63, 3.8) is 0 Å². The molecule has 3 aromatic carbocycles. The zero-order valence-electron chi connectivity index (χ0n) is 20.6. The van der Waals surface area contributed by atoms with E-state index in [1.165, 1.54) is 35.1 Å². The molecule has 0 aliphatic rings. The van der Waals surface area contributed by atoms with E-state index in [1.807, 2.05) is 31.2 Å². The average molecular weight is 429 g/mol. The van der Waals surface area contributed by atoms with Gasteiger partial charge < -0.3 is 4.74 Å². The summed E-state index contributed by atoms with van der Waals surface area (Å²) in [5, 5.41) is 0. The van der Waals surface area contributed by atoms with Crippen LogP contribution in [0, 0.1) is 13.8 Å². The Morgan fingerprint density at radius 1 is 0.812 bits per heavy atom. The molecule has 168 valence electrons. The maximum atomic E-state index is 12.4. The average Bonchev–Trinajstić information content (AvgIpc) is 2.75. The molecular weight excluding hydrogens is 392 g/mol. The van der Waals surface area contributed by atoms with Crippen LogP contribution in [0.4, 0.5) is 0 Å². The molecule has 0 amide bonds. The highest BCUT2D eigenvalue weighted by atomic mass is 16.5. The minimum Gasteiger partial charge on any atom is -0.423 e. The lowest BCUT2D eigenvalue weighted by Crippen LogP contribution is -2.22. The minimum atomic E-state index is -0.332. The van der Waals surface area contributed by atoms with E-state index in [-0.39, 0.29) is 16.8 Å². The highest BCUT2D eigenvalue weighted by Crippen LogP contribution is 2.37. The zero-order chi connectivity index (χ0) is 23.5. The first-order valence-corrected chi connectivity index (χ1v) is 11.6. The Kier molecular flexibility index (Phi) is 6.93. The molecule has 0 atom stereocenters. The third-order valence-electron chi connectivity index (χ3n) is 6.66. The van der Waals surface area contributed by atoms with Gasteiger partial charge in [-0.25, -0.2) is 4.79 Å². The van der Waals surface area contributed by atoms with Crippen molar-refractivity contribution in [2.24, 2.45) is 0 Å². The van der Waals surface area contributed by atoms with Crippen LogP contribution >= 0.6 is 0 Å². The number of carbonyl (C=O) groups excluding carboxylic acids is 1. The van der Waals surface area contributed by atoms with Crippen LogP contribution in [0.1, 0.15) is 85.6 Å². The van der Waals surface area contributed by atoms with Crippen LogP contribution in [0.25, 0.3) is 0 Å². The summed E-state index contributed by atoms with van der Waals surface area (Å²) in [5.74, 6) is 0.271. The number of hydrogen-bond acceptors (Lipinski definition) is 2. The summed E-state index contributed by atoms with van der Waals surface area (Å²) in [7, 11) is 0. The summed E-state index contributed by atoms with van der Waals surface area (Å²) in [5.41, 5.74) is 6.80. The van der Waals surface area contributed by atoms with Crippen molar-refractivity contribution in [2.75, 3.05) is 0 Å². The normalized spacial score (nSPS) is 12.0. The summed E-state index contributed by atoms with van der Waals surface area (Å²) in [6.07, 6.45) is 2.36. The van der Waals surface area contributed by atoms with E-state index in [4.69, 9.17) is 4.74 Å². The number of ether oxygens (including phenoxy) is 1. The molecule has 0 aliphatic heterocycles. The second kappa shape index (κ2) is 9.32. The standard InChI is InChI=1S/C30H36O2/c1-8-18-29(4,5)26-16-14-24(19-21(26)2)30(6,7)25-15-17-27(22(3)20-25)32-28(31)23-12-10-9-11-13-23/h9-17,19-20H,8,18H2,1-7H3. The Bertz CT molecular complexity index is 1090. The molecule has 0 bridgehead atoms. The fraction of sp³-hybridized carbons (Fsp3) is 0.367. The number of carbonyl (C=O) groups is 1. The quantitative estimate of drug-likeness (QED) is 0.282. The van der Waals surface area contributed by atoms with E-state index in [0.717, 1.165) is 5.56 Å². The van der Waals surface area contributed by atoms with Crippen LogP contribution in [-0.4, -0.2) is 5.97 Å². The molecule has 0 radical (unpaired) electrons. The van der Waals surface area contributed by atoms with Gasteiger partial charge in [-0.3, -0.25) is 0 Å². The van der Waals surface area contributed by atoms with Crippen LogP contribution in [0.15, 0.2) is 66.7 Å². The smallest absolute Gasteiger partial charge is 0.343 e. The Hall–Kier alpha value is -2.87. The van der Waals surface area contributed by atoms with Gasteiger partial charge in [-0.2, -0.15) is 0 Å². The molecule has 0 saturated heterocycles. The molecule has 0 spiro atoms. The van der Waals surface area contributed by atoms with Gasteiger partial charge in [0.05, 0.1) is 5.56 Å². The van der Waals surface area contributed by atoms with Crippen LogP contribution < -0.4 is 4.74 Å². The van der Waals surface area contributed by atoms with Gasteiger partial charge in [0, 0.05) is 5.41 Å². The second-order valence-corrected chi connectivity index (χ2v) is 10.0. The van der Waals surface area contributed by atoms with E-state index < -0.39 is 0 Å². The molecule has 32 heavy (non-hydrogen) atoms. The number of aryl methyl sites for hydroxylation is 2. The molecule has 3 aromatic rings. The highest BCUT2D eigenvalue weighted by molar-refractivity contribution is 5.91. The molecule has 0 heterocycles. The summed E-state index contributed by atoms with van der Waals surface area (Å²) < 4.78 is 5.66. The topological polar surface area (TPSA) is 26.3 Å². The van der Waals surface area contributed by atoms with E-state index in [2.05, 4.69) is 71.9 Å². The maximum Gasteiger partial charge on any atom is 0.343 e.